The zero-order chi connectivity index (χ0) is 17.8. The largest absolute Gasteiger partial charge is 0.318 e. The standard InChI is InChI=1S/C18H20Cl2N4O/c1-13(18(25)22-17-14(19)5-4-6-15(17)20)23-9-11-24(12-10-23)16-7-2-3-8-21-16/h2-8,13H,9-12H2,1H3,(H,22,25)/p+2/t13-/m0/s1. The molecule has 132 valence electrons. The minimum absolute atomic E-state index is 0.0651. The Morgan fingerprint density at radius 2 is 1.84 bits per heavy atom. The first-order chi connectivity index (χ1) is 12.1. The fraction of sp³-hybridized carbons (Fsp3) is 0.333. The third-order valence-corrected chi connectivity index (χ3v) is 5.29. The van der Waals surface area contributed by atoms with Crippen molar-refractivity contribution in [2.24, 2.45) is 0 Å². The Labute approximate surface area is 157 Å². The lowest BCUT2D eigenvalue weighted by Gasteiger charge is -2.31. The van der Waals surface area contributed by atoms with Crippen molar-refractivity contribution in [1.29, 1.82) is 0 Å². The summed E-state index contributed by atoms with van der Waals surface area (Å²) in [7, 11) is 0. The molecule has 2 aromatic rings. The number of halogens is 2. The van der Waals surface area contributed by atoms with Gasteiger partial charge in [-0.25, -0.2) is 4.98 Å². The molecule has 1 saturated heterocycles. The Hall–Kier alpha value is -1.82. The number of quaternary nitrogens is 1. The van der Waals surface area contributed by atoms with Crippen LogP contribution in [0.25, 0.3) is 0 Å². The second-order valence-electron chi connectivity index (χ2n) is 6.20. The predicted octanol–water partition coefficient (Wildman–Crippen LogP) is 1.54. The summed E-state index contributed by atoms with van der Waals surface area (Å²) < 4.78 is 0. The summed E-state index contributed by atoms with van der Waals surface area (Å²) in [6.45, 7) is 5.54. The molecular formula is C18H22Cl2N4O+2. The third kappa shape index (κ3) is 4.24. The number of rotatable bonds is 4. The van der Waals surface area contributed by atoms with Gasteiger partial charge in [-0.2, -0.15) is 0 Å². The van der Waals surface area contributed by atoms with Crippen LogP contribution in [0.1, 0.15) is 6.92 Å². The van der Waals surface area contributed by atoms with Crippen molar-refractivity contribution in [2.75, 3.05) is 36.4 Å². The number of carbonyl (C=O) groups excluding carboxylic acids is 1. The number of carbonyl (C=O) groups is 1. The highest BCUT2D eigenvalue weighted by molar-refractivity contribution is 6.39. The van der Waals surface area contributed by atoms with Crippen LogP contribution in [0, 0.1) is 0 Å². The molecule has 0 unspecified atom stereocenters. The topological polar surface area (TPSA) is 50.9 Å². The molecule has 1 aliphatic heterocycles. The smallest absolute Gasteiger partial charge is 0.282 e. The van der Waals surface area contributed by atoms with Crippen molar-refractivity contribution in [3.8, 4) is 0 Å². The zero-order valence-electron chi connectivity index (χ0n) is 14.1. The van der Waals surface area contributed by atoms with Gasteiger partial charge in [-0.05, 0) is 25.1 Å². The number of nitrogens with zero attached hydrogens (tertiary/aromatic N) is 1. The summed E-state index contributed by atoms with van der Waals surface area (Å²) in [5.41, 5.74) is 0.486. The first kappa shape index (κ1) is 18.0. The van der Waals surface area contributed by atoms with Crippen LogP contribution in [0.5, 0.6) is 0 Å². The quantitative estimate of drug-likeness (QED) is 0.844. The zero-order valence-corrected chi connectivity index (χ0v) is 15.6. The number of aromatic nitrogens is 1. The van der Waals surface area contributed by atoms with E-state index >= 15 is 0 Å². The summed E-state index contributed by atoms with van der Waals surface area (Å²) in [6, 6.07) is 11.1. The first-order valence-corrected chi connectivity index (χ1v) is 9.13. The van der Waals surface area contributed by atoms with E-state index in [1.165, 1.54) is 4.90 Å². The van der Waals surface area contributed by atoms with Crippen LogP contribution in [0.3, 0.4) is 0 Å². The molecule has 1 aliphatic rings. The highest BCUT2D eigenvalue weighted by atomic mass is 35.5. The minimum atomic E-state index is -0.172. The van der Waals surface area contributed by atoms with Crippen LogP contribution in [0.4, 0.5) is 11.5 Å². The van der Waals surface area contributed by atoms with Crippen molar-refractivity contribution in [2.45, 2.75) is 13.0 Å². The molecular weight excluding hydrogens is 359 g/mol. The van der Waals surface area contributed by atoms with Crippen LogP contribution >= 0.6 is 23.2 Å². The normalized spacial score (nSPS) is 16.5. The van der Waals surface area contributed by atoms with Crippen LogP contribution in [-0.4, -0.2) is 38.1 Å². The van der Waals surface area contributed by atoms with Crippen LogP contribution in [-0.2, 0) is 4.79 Å². The monoisotopic (exact) mass is 380 g/mol. The van der Waals surface area contributed by atoms with Crippen LogP contribution in [0.2, 0.25) is 10.0 Å². The van der Waals surface area contributed by atoms with Gasteiger partial charge in [-0.15, -0.1) is 0 Å². The lowest BCUT2D eigenvalue weighted by molar-refractivity contribution is -0.914. The maximum absolute atomic E-state index is 12.6. The van der Waals surface area contributed by atoms with Gasteiger partial charge in [0, 0.05) is 6.07 Å². The van der Waals surface area contributed by atoms with Gasteiger partial charge in [0.15, 0.2) is 6.04 Å². The van der Waals surface area contributed by atoms with Crippen molar-refractivity contribution in [1.82, 2.24) is 0 Å². The van der Waals surface area contributed by atoms with E-state index in [1.54, 1.807) is 18.2 Å². The minimum Gasteiger partial charge on any atom is -0.318 e. The molecule has 7 heteroatoms. The molecule has 5 nitrogen and oxygen atoms in total. The molecule has 2 heterocycles. The number of hydrogen-bond donors (Lipinski definition) is 2. The number of aromatic amines is 1. The maximum atomic E-state index is 12.6. The van der Waals surface area contributed by atoms with Crippen molar-refractivity contribution >= 4 is 40.6 Å². The molecule has 3 N–H and O–H groups in total. The average molecular weight is 381 g/mol. The second kappa shape index (κ2) is 8.04. The number of nitrogens with one attached hydrogen (secondary N) is 3. The summed E-state index contributed by atoms with van der Waals surface area (Å²) in [4.78, 5) is 19.4. The Balaban J connectivity index is 1.59. The Bertz CT molecular complexity index is 713. The number of benzene rings is 1. The predicted molar refractivity (Wildman–Crippen MR) is 100 cm³/mol. The molecule has 1 fully saturated rings. The lowest BCUT2D eigenvalue weighted by Crippen LogP contribution is -3.19. The molecule has 0 bridgehead atoms. The molecule has 1 atom stereocenters. The van der Waals surface area contributed by atoms with Gasteiger partial charge >= 0.3 is 0 Å². The van der Waals surface area contributed by atoms with E-state index in [-0.39, 0.29) is 11.9 Å². The Kier molecular flexibility index (Phi) is 5.78. The van der Waals surface area contributed by atoms with Crippen molar-refractivity contribution < 1.29 is 14.7 Å². The van der Waals surface area contributed by atoms with Gasteiger partial charge in [0.05, 0.1) is 21.9 Å². The number of hydrogen-bond acceptors (Lipinski definition) is 2. The van der Waals surface area contributed by atoms with Gasteiger partial charge in [0.2, 0.25) is 0 Å². The number of piperazine rings is 1. The number of para-hydroxylation sites is 1. The van der Waals surface area contributed by atoms with E-state index < -0.39 is 0 Å². The van der Waals surface area contributed by atoms with E-state index in [1.807, 2.05) is 25.3 Å². The van der Waals surface area contributed by atoms with Crippen molar-refractivity contribution in [3.63, 3.8) is 0 Å². The molecule has 3 rings (SSSR count). The van der Waals surface area contributed by atoms with E-state index in [2.05, 4.69) is 21.3 Å². The molecule has 0 spiro atoms. The highest BCUT2D eigenvalue weighted by Crippen LogP contribution is 2.29. The Morgan fingerprint density at radius 1 is 1.16 bits per heavy atom. The lowest BCUT2D eigenvalue weighted by atomic mass is 10.2. The fourth-order valence-corrected chi connectivity index (χ4v) is 3.57. The maximum Gasteiger partial charge on any atom is 0.282 e. The van der Waals surface area contributed by atoms with Gasteiger partial charge in [-0.1, -0.05) is 35.3 Å². The third-order valence-electron chi connectivity index (χ3n) is 4.66. The molecule has 1 aromatic heterocycles. The first-order valence-electron chi connectivity index (χ1n) is 8.37. The summed E-state index contributed by atoms with van der Waals surface area (Å²) in [5.74, 6) is 1.05. The van der Waals surface area contributed by atoms with E-state index in [9.17, 15) is 4.79 Å². The SMILES string of the molecule is C[C@@H](C(=O)Nc1c(Cl)cccc1Cl)[NH+]1CCN(c2cccc[nH+]2)CC1. The average Bonchev–Trinajstić information content (AvgIpc) is 2.65. The van der Waals surface area contributed by atoms with Gasteiger partial charge in [0.25, 0.3) is 11.7 Å². The molecule has 0 aliphatic carbocycles. The number of anilines is 2. The second-order valence-corrected chi connectivity index (χ2v) is 7.02. The molecule has 1 amide bonds. The highest BCUT2D eigenvalue weighted by Gasteiger charge is 2.32. The molecule has 0 saturated carbocycles. The van der Waals surface area contributed by atoms with Gasteiger partial charge in [-0.3, -0.25) is 9.69 Å². The van der Waals surface area contributed by atoms with E-state index in [4.69, 9.17) is 23.2 Å². The van der Waals surface area contributed by atoms with Crippen LogP contribution < -0.4 is 20.1 Å². The summed E-state index contributed by atoms with van der Waals surface area (Å²) in [6.07, 6.45) is 1.93. The summed E-state index contributed by atoms with van der Waals surface area (Å²) >= 11 is 12.3. The van der Waals surface area contributed by atoms with Crippen LogP contribution in [0.15, 0.2) is 42.6 Å². The number of amides is 1. The summed E-state index contributed by atoms with van der Waals surface area (Å²) in [5, 5.41) is 3.78. The molecule has 25 heavy (non-hydrogen) atoms. The van der Waals surface area contributed by atoms with Gasteiger partial charge < -0.3 is 10.2 Å². The van der Waals surface area contributed by atoms with E-state index in [0.29, 0.717) is 15.7 Å². The fourth-order valence-electron chi connectivity index (χ4n) is 3.08. The molecule has 0 radical (unpaired) electrons. The van der Waals surface area contributed by atoms with Gasteiger partial charge in [0.1, 0.15) is 26.2 Å². The van der Waals surface area contributed by atoms with Crippen molar-refractivity contribution in [3.05, 3.63) is 52.6 Å². The number of pyridine rings is 1. The van der Waals surface area contributed by atoms with E-state index in [0.717, 1.165) is 32.0 Å². The number of H-pyrrole nitrogens is 1. The molecule has 1 aromatic carbocycles. The Morgan fingerprint density at radius 3 is 2.44 bits per heavy atom.